The average molecular weight is 272 g/mol. The Balaban J connectivity index is 1.68. The van der Waals surface area contributed by atoms with Gasteiger partial charge in [-0.25, -0.2) is 4.79 Å². The number of hydrogen-bond acceptors (Lipinski definition) is 3. The molecule has 106 valence electrons. The predicted octanol–water partition coefficient (Wildman–Crippen LogP) is 2.96. The van der Waals surface area contributed by atoms with Crippen LogP contribution in [0.4, 0.5) is 4.79 Å². The molecule has 1 aromatic carbocycles. The first-order chi connectivity index (χ1) is 9.78. The van der Waals surface area contributed by atoms with Gasteiger partial charge in [0.25, 0.3) is 0 Å². The van der Waals surface area contributed by atoms with E-state index in [-0.39, 0.29) is 12.1 Å². The SMILES string of the molecule is CCC1CCC(NC(=O)n2nnc3ccccc32)CC1. The number of hydrogen-bond donors (Lipinski definition) is 1. The maximum absolute atomic E-state index is 12.3. The van der Waals surface area contributed by atoms with Crippen molar-refractivity contribution in [3.05, 3.63) is 24.3 Å². The van der Waals surface area contributed by atoms with Crippen LogP contribution in [0.2, 0.25) is 0 Å². The first kappa shape index (κ1) is 13.1. The number of carbonyl (C=O) groups is 1. The number of amides is 1. The summed E-state index contributed by atoms with van der Waals surface area (Å²) in [5.41, 5.74) is 1.50. The first-order valence-corrected chi connectivity index (χ1v) is 7.39. The quantitative estimate of drug-likeness (QED) is 0.914. The molecule has 1 aromatic heterocycles. The highest BCUT2D eigenvalue weighted by atomic mass is 16.2. The van der Waals surface area contributed by atoms with Gasteiger partial charge in [0.15, 0.2) is 0 Å². The van der Waals surface area contributed by atoms with Gasteiger partial charge in [0, 0.05) is 6.04 Å². The number of fused-ring (bicyclic) bond motifs is 1. The summed E-state index contributed by atoms with van der Waals surface area (Å²) in [6.45, 7) is 2.24. The lowest BCUT2D eigenvalue weighted by Gasteiger charge is -2.28. The number of carbonyl (C=O) groups excluding carboxylic acids is 1. The molecule has 1 aliphatic rings. The van der Waals surface area contributed by atoms with Crippen LogP contribution in [0.3, 0.4) is 0 Å². The van der Waals surface area contributed by atoms with Gasteiger partial charge in [-0.1, -0.05) is 30.7 Å². The second kappa shape index (κ2) is 5.61. The van der Waals surface area contributed by atoms with E-state index in [0.29, 0.717) is 0 Å². The average Bonchev–Trinajstić information content (AvgIpc) is 2.92. The van der Waals surface area contributed by atoms with Gasteiger partial charge in [0.1, 0.15) is 5.52 Å². The number of nitrogens with zero attached hydrogens (tertiary/aromatic N) is 3. The largest absolute Gasteiger partial charge is 0.344 e. The zero-order valence-corrected chi connectivity index (χ0v) is 11.7. The van der Waals surface area contributed by atoms with Crippen LogP contribution in [0.5, 0.6) is 0 Å². The smallest absolute Gasteiger partial charge is 0.333 e. The molecule has 1 saturated carbocycles. The molecule has 5 nitrogen and oxygen atoms in total. The normalized spacial score (nSPS) is 22.9. The Labute approximate surface area is 118 Å². The lowest BCUT2D eigenvalue weighted by molar-refractivity contribution is 0.225. The molecule has 0 aliphatic heterocycles. The molecule has 2 aromatic rings. The van der Waals surface area contributed by atoms with Crippen LogP contribution >= 0.6 is 0 Å². The second-order valence-electron chi connectivity index (χ2n) is 5.57. The van der Waals surface area contributed by atoms with Crippen molar-refractivity contribution >= 4 is 17.1 Å². The fourth-order valence-corrected chi connectivity index (χ4v) is 2.97. The van der Waals surface area contributed by atoms with E-state index in [4.69, 9.17) is 0 Å². The summed E-state index contributed by atoms with van der Waals surface area (Å²) in [4.78, 5) is 12.3. The van der Waals surface area contributed by atoms with Gasteiger partial charge in [-0.2, -0.15) is 4.68 Å². The first-order valence-electron chi connectivity index (χ1n) is 7.39. The van der Waals surface area contributed by atoms with Crippen molar-refractivity contribution in [2.45, 2.75) is 45.1 Å². The minimum atomic E-state index is -0.168. The summed E-state index contributed by atoms with van der Waals surface area (Å²) < 4.78 is 1.36. The van der Waals surface area contributed by atoms with E-state index < -0.39 is 0 Å². The van der Waals surface area contributed by atoms with Gasteiger partial charge in [-0.05, 0) is 43.7 Å². The monoisotopic (exact) mass is 272 g/mol. The topological polar surface area (TPSA) is 59.8 Å². The van der Waals surface area contributed by atoms with Crippen molar-refractivity contribution in [1.82, 2.24) is 20.3 Å². The minimum absolute atomic E-state index is 0.168. The van der Waals surface area contributed by atoms with Gasteiger partial charge in [-0.3, -0.25) is 0 Å². The van der Waals surface area contributed by atoms with Gasteiger partial charge >= 0.3 is 6.03 Å². The van der Waals surface area contributed by atoms with E-state index >= 15 is 0 Å². The Morgan fingerprint density at radius 3 is 2.80 bits per heavy atom. The molecule has 0 bridgehead atoms. The molecule has 1 heterocycles. The molecular weight excluding hydrogens is 252 g/mol. The van der Waals surface area contributed by atoms with Crippen molar-refractivity contribution in [2.24, 2.45) is 5.92 Å². The maximum atomic E-state index is 12.3. The zero-order valence-electron chi connectivity index (χ0n) is 11.7. The minimum Gasteiger partial charge on any atom is -0.333 e. The van der Waals surface area contributed by atoms with Crippen LogP contribution in [-0.2, 0) is 0 Å². The molecule has 20 heavy (non-hydrogen) atoms. The molecule has 1 aliphatic carbocycles. The van der Waals surface area contributed by atoms with Crippen molar-refractivity contribution in [3.63, 3.8) is 0 Å². The fourth-order valence-electron chi connectivity index (χ4n) is 2.97. The van der Waals surface area contributed by atoms with Crippen molar-refractivity contribution in [2.75, 3.05) is 0 Å². The summed E-state index contributed by atoms with van der Waals surface area (Å²) in [7, 11) is 0. The van der Waals surface area contributed by atoms with Crippen molar-refractivity contribution in [1.29, 1.82) is 0 Å². The summed E-state index contributed by atoms with van der Waals surface area (Å²) in [6.07, 6.45) is 5.79. The summed E-state index contributed by atoms with van der Waals surface area (Å²) >= 11 is 0. The maximum Gasteiger partial charge on any atom is 0.344 e. The molecule has 0 radical (unpaired) electrons. The Morgan fingerprint density at radius 1 is 1.30 bits per heavy atom. The molecule has 3 rings (SSSR count). The number of benzene rings is 1. The third-order valence-corrected chi connectivity index (χ3v) is 4.30. The van der Waals surface area contributed by atoms with Gasteiger partial charge in [-0.15, -0.1) is 5.10 Å². The highest BCUT2D eigenvalue weighted by Gasteiger charge is 2.22. The molecule has 1 fully saturated rings. The summed E-state index contributed by atoms with van der Waals surface area (Å²) in [5, 5.41) is 11.0. The Bertz CT molecular complexity index is 599. The number of aromatic nitrogens is 3. The molecule has 0 atom stereocenters. The van der Waals surface area contributed by atoms with E-state index in [0.717, 1.165) is 29.8 Å². The lowest BCUT2D eigenvalue weighted by Crippen LogP contribution is -2.40. The van der Waals surface area contributed by atoms with Gasteiger partial charge < -0.3 is 5.32 Å². The molecule has 1 N–H and O–H groups in total. The van der Waals surface area contributed by atoms with Gasteiger partial charge in [0.2, 0.25) is 0 Å². The van der Waals surface area contributed by atoms with Crippen molar-refractivity contribution in [3.8, 4) is 0 Å². The molecule has 0 saturated heterocycles. The molecular formula is C15H20N4O. The Hall–Kier alpha value is -1.91. The molecule has 0 unspecified atom stereocenters. The van der Waals surface area contributed by atoms with E-state index in [1.54, 1.807) is 0 Å². The van der Waals surface area contributed by atoms with E-state index in [2.05, 4.69) is 22.6 Å². The van der Waals surface area contributed by atoms with Crippen molar-refractivity contribution < 1.29 is 4.79 Å². The van der Waals surface area contributed by atoms with Crippen LogP contribution < -0.4 is 5.32 Å². The number of para-hydroxylation sites is 1. The van der Waals surface area contributed by atoms with Gasteiger partial charge in [0.05, 0.1) is 5.52 Å². The standard InChI is InChI=1S/C15H20N4O/c1-2-11-7-9-12(10-8-11)16-15(20)19-14-6-4-3-5-13(14)17-18-19/h3-6,11-12H,2,7-10H2,1H3,(H,16,20). The second-order valence-corrected chi connectivity index (χ2v) is 5.57. The van der Waals surface area contributed by atoms with Crippen LogP contribution in [0.1, 0.15) is 39.0 Å². The highest BCUT2D eigenvalue weighted by Crippen LogP contribution is 2.26. The molecule has 1 amide bonds. The highest BCUT2D eigenvalue weighted by molar-refractivity contribution is 5.87. The van der Waals surface area contributed by atoms with Crippen LogP contribution in [-0.4, -0.2) is 27.1 Å². The number of rotatable bonds is 2. The zero-order chi connectivity index (χ0) is 13.9. The lowest BCUT2D eigenvalue weighted by atomic mass is 9.85. The Kier molecular flexibility index (Phi) is 3.67. The third kappa shape index (κ3) is 2.53. The van der Waals surface area contributed by atoms with Crippen LogP contribution in [0.15, 0.2) is 24.3 Å². The predicted molar refractivity (Wildman–Crippen MR) is 77.5 cm³/mol. The summed E-state index contributed by atoms with van der Waals surface area (Å²) in [6, 6.07) is 7.61. The molecule has 0 spiro atoms. The van der Waals surface area contributed by atoms with E-state index in [1.165, 1.54) is 23.9 Å². The van der Waals surface area contributed by atoms with E-state index in [9.17, 15) is 4.79 Å². The van der Waals surface area contributed by atoms with Crippen LogP contribution in [0, 0.1) is 5.92 Å². The van der Waals surface area contributed by atoms with Crippen LogP contribution in [0.25, 0.3) is 11.0 Å². The third-order valence-electron chi connectivity index (χ3n) is 4.30. The Morgan fingerprint density at radius 2 is 2.05 bits per heavy atom. The fraction of sp³-hybridized carbons (Fsp3) is 0.533. The van der Waals surface area contributed by atoms with E-state index in [1.807, 2.05) is 24.3 Å². The number of nitrogens with one attached hydrogen (secondary N) is 1. The summed E-state index contributed by atoms with van der Waals surface area (Å²) in [5.74, 6) is 0.829. The molecule has 5 heteroatoms.